The number of nitrogens with zero attached hydrogens (tertiary/aromatic N) is 1. The van der Waals surface area contributed by atoms with Gasteiger partial charge in [0.15, 0.2) is 0 Å². The molecule has 0 saturated carbocycles. The van der Waals surface area contributed by atoms with E-state index in [1.54, 1.807) is 23.1 Å². The summed E-state index contributed by atoms with van der Waals surface area (Å²) in [7, 11) is 0. The smallest absolute Gasteiger partial charge is 0.242 e. The third kappa shape index (κ3) is 6.19. The molecule has 0 saturated heterocycles. The van der Waals surface area contributed by atoms with E-state index in [0.717, 1.165) is 18.4 Å². The fraction of sp³-hybridized carbons (Fsp3) is 0.391. The summed E-state index contributed by atoms with van der Waals surface area (Å²) >= 11 is 0. The largest absolute Gasteiger partial charge is 0.354 e. The Bertz CT molecular complexity index is 764. The first kappa shape index (κ1) is 21.6. The zero-order valence-electron chi connectivity index (χ0n) is 16.7. The molecule has 0 unspecified atom stereocenters. The zero-order chi connectivity index (χ0) is 20.4. The third-order valence-electron chi connectivity index (χ3n) is 4.71. The van der Waals surface area contributed by atoms with Gasteiger partial charge in [-0.3, -0.25) is 9.59 Å². The normalized spacial score (nSPS) is 11.7. The highest BCUT2D eigenvalue weighted by Gasteiger charge is 2.28. The molecule has 0 bridgehead atoms. The molecule has 2 aromatic carbocycles. The molecule has 0 aliphatic rings. The summed E-state index contributed by atoms with van der Waals surface area (Å²) in [6.45, 7) is 4.85. The van der Waals surface area contributed by atoms with Gasteiger partial charge in [0.1, 0.15) is 11.9 Å². The van der Waals surface area contributed by atoms with Crippen molar-refractivity contribution in [3.8, 4) is 0 Å². The lowest BCUT2D eigenvalue weighted by Crippen LogP contribution is -2.49. The van der Waals surface area contributed by atoms with Crippen molar-refractivity contribution in [2.45, 2.75) is 52.1 Å². The Morgan fingerprint density at radius 3 is 2.36 bits per heavy atom. The summed E-state index contributed by atoms with van der Waals surface area (Å²) < 4.78 is 14.0. The van der Waals surface area contributed by atoms with Crippen LogP contribution in [0.2, 0.25) is 0 Å². The molecule has 0 aliphatic carbocycles. The number of hydrogen-bond donors (Lipinski definition) is 1. The highest BCUT2D eigenvalue weighted by atomic mass is 19.1. The molecular formula is C23H29FN2O2. The van der Waals surface area contributed by atoms with E-state index in [1.807, 2.05) is 37.3 Å². The second kappa shape index (κ2) is 11.2. The van der Waals surface area contributed by atoms with Crippen LogP contribution >= 0.6 is 0 Å². The molecule has 0 aromatic heterocycles. The maximum Gasteiger partial charge on any atom is 0.242 e. The first-order valence-corrected chi connectivity index (χ1v) is 9.91. The maximum atomic E-state index is 14.0. The lowest BCUT2D eigenvalue weighted by atomic mass is 10.1. The zero-order valence-corrected chi connectivity index (χ0v) is 16.7. The van der Waals surface area contributed by atoms with Crippen molar-refractivity contribution in [3.05, 3.63) is 71.5 Å². The number of halogens is 1. The van der Waals surface area contributed by atoms with Crippen LogP contribution in [0.4, 0.5) is 4.39 Å². The van der Waals surface area contributed by atoms with Crippen molar-refractivity contribution in [2.75, 3.05) is 6.54 Å². The van der Waals surface area contributed by atoms with Crippen LogP contribution < -0.4 is 5.32 Å². The van der Waals surface area contributed by atoms with Crippen LogP contribution in [-0.4, -0.2) is 29.3 Å². The fourth-order valence-corrected chi connectivity index (χ4v) is 3.11. The molecule has 2 rings (SSSR count). The lowest BCUT2D eigenvalue weighted by molar-refractivity contribution is -0.141. The van der Waals surface area contributed by atoms with E-state index >= 15 is 0 Å². The highest BCUT2D eigenvalue weighted by molar-refractivity contribution is 5.88. The Balaban J connectivity index is 2.22. The minimum absolute atomic E-state index is 0.0712. The van der Waals surface area contributed by atoms with Gasteiger partial charge < -0.3 is 10.2 Å². The summed E-state index contributed by atoms with van der Waals surface area (Å²) in [6.07, 6.45) is 2.30. The average molecular weight is 384 g/mol. The molecule has 0 spiro atoms. The summed E-state index contributed by atoms with van der Waals surface area (Å²) in [5.74, 6) is -0.823. The molecule has 0 radical (unpaired) electrons. The van der Waals surface area contributed by atoms with E-state index < -0.39 is 11.9 Å². The van der Waals surface area contributed by atoms with Crippen LogP contribution in [0.15, 0.2) is 54.6 Å². The molecule has 0 aliphatic heterocycles. The van der Waals surface area contributed by atoms with Gasteiger partial charge in [0, 0.05) is 13.1 Å². The number of hydrogen-bond acceptors (Lipinski definition) is 2. The molecule has 2 amide bonds. The van der Waals surface area contributed by atoms with Crippen LogP contribution in [0, 0.1) is 5.82 Å². The molecule has 0 fully saturated rings. The quantitative estimate of drug-likeness (QED) is 0.627. The first-order valence-electron chi connectivity index (χ1n) is 9.91. The Kier molecular flexibility index (Phi) is 8.66. The fourth-order valence-electron chi connectivity index (χ4n) is 3.11. The van der Waals surface area contributed by atoms with Crippen molar-refractivity contribution in [1.29, 1.82) is 0 Å². The molecule has 2 aromatic rings. The van der Waals surface area contributed by atoms with E-state index in [9.17, 15) is 14.0 Å². The van der Waals surface area contributed by atoms with Crippen LogP contribution in [0.1, 0.15) is 44.2 Å². The van der Waals surface area contributed by atoms with Crippen molar-refractivity contribution < 1.29 is 14.0 Å². The molecule has 5 heteroatoms. The number of carbonyl (C=O) groups excluding carboxylic acids is 2. The summed E-state index contributed by atoms with van der Waals surface area (Å²) in [5, 5.41) is 2.92. The van der Waals surface area contributed by atoms with Crippen LogP contribution in [0.3, 0.4) is 0 Å². The Hall–Kier alpha value is -2.69. The maximum absolute atomic E-state index is 14.0. The molecule has 4 nitrogen and oxygen atoms in total. The molecular weight excluding hydrogens is 355 g/mol. The Morgan fingerprint density at radius 2 is 1.71 bits per heavy atom. The minimum Gasteiger partial charge on any atom is -0.354 e. The van der Waals surface area contributed by atoms with E-state index in [0.29, 0.717) is 25.1 Å². The second-order valence-corrected chi connectivity index (χ2v) is 6.84. The van der Waals surface area contributed by atoms with Crippen LogP contribution in [-0.2, 0) is 22.6 Å². The Labute approximate surface area is 166 Å². The van der Waals surface area contributed by atoms with Crippen molar-refractivity contribution >= 4 is 11.8 Å². The monoisotopic (exact) mass is 384 g/mol. The minimum atomic E-state index is -0.587. The van der Waals surface area contributed by atoms with E-state index in [4.69, 9.17) is 0 Å². The van der Waals surface area contributed by atoms with Gasteiger partial charge >= 0.3 is 0 Å². The molecule has 28 heavy (non-hydrogen) atoms. The van der Waals surface area contributed by atoms with Gasteiger partial charge in [-0.1, -0.05) is 68.8 Å². The van der Waals surface area contributed by atoms with Crippen molar-refractivity contribution in [2.24, 2.45) is 0 Å². The number of rotatable bonds is 10. The standard InChI is InChI=1S/C23H29FN2O2/c1-3-5-15-25-23(28)21(4-2)26(17-18-11-7-6-8-12-18)22(27)16-19-13-9-10-14-20(19)24/h6-14,21H,3-5,15-17H2,1-2H3,(H,25,28)/t21-/m0/s1. The molecule has 0 heterocycles. The van der Waals surface area contributed by atoms with Gasteiger partial charge in [0.25, 0.3) is 0 Å². The average Bonchev–Trinajstić information content (AvgIpc) is 2.70. The first-order chi connectivity index (χ1) is 13.6. The van der Waals surface area contributed by atoms with E-state index in [-0.39, 0.29) is 18.2 Å². The third-order valence-corrected chi connectivity index (χ3v) is 4.71. The van der Waals surface area contributed by atoms with Gasteiger partial charge in [0.05, 0.1) is 6.42 Å². The van der Waals surface area contributed by atoms with Crippen molar-refractivity contribution in [1.82, 2.24) is 10.2 Å². The van der Waals surface area contributed by atoms with Gasteiger partial charge in [-0.05, 0) is 30.0 Å². The Morgan fingerprint density at radius 1 is 1.04 bits per heavy atom. The van der Waals surface area contributed by atoms with Crippen LogP contribution in [0.25, 0.3) is 0 Å². The number of benzene rings is 2. The second-order valence-electron chi connectivity index (χ2n) is 6.84. The number of unbranched alkanes of at least 4 members (excludes halogenated alkanes) is 1. The van der Waals surface area contributed by atoms with Gasteiger partial charge in [-0.2, -0.15) is 0 Å². The highest BCUT2D eigenvalue weighted by Crippen LogP contribution is 2.16. The molecule has 1 atom stereocenters. The molecule has 150 valence electrons. The van der Waals surface area contributed by atoms with E-state index in [1.165, 1.54) is 6.07 Å². The predicted octanol–water partition coefficient (Wildman–Crippen LogP) is 4.09. The summed E-state index contributed by atoms with van der Waals surface area (Å²) in [4.78, 5) is 27.4. The van der Waals surface area contributed by atoms with E-state index in [2.05, 4.69) is 12.2 Å². The SMILES string of the molecule is CCCCNC(=O)[C@H](CC)N(Cc1ccccc1)C(=O)Cc1ccccc1F. The summed E-state index contributed by atoms with van der Waals surface area (Å²) in [5.41, 5.74) is 1.27. The number of carbonyl (C=O) groups is 2. The summed E-state index contributed by atoms with van der Waals surface area (Å²) in [6, 6.07) is 15.2. The van der Waals surface area contributed by atoms with Crippen LogP contribution in [0.5, 0.6) is 0 Å². The van der Waals surface area contributed by atoms with Gasteiger partial charge in [-0.15, -0.1) is 0 Å². The predicted molar refractivity (Wildman–Crippen MR) is 109 cm³/mol. The van der Waals surface area contributed by atoms with Gasteiger partial charge in [0.2, 0.25) is 11.8 Å². The molecule has 1 N–H and O–H groups in total. The number of nitrogens with one attached hydrogen (secondary N) is 1. The van der Waals surface area contributed by atoms with Gasteiger partial charge in [-0.25, -0.2) is 4.39 Å². The topological polar surface area (TPSA) is 49.4 Å². The lowest BCUT2D eigenvalue weighted by Gasteiger charge is -2.31. The van der Waals surface area contributed by atoms with Crippen molar-refractivity contribution in [3.63, 3.8) is 0 Å². The number of amides is 2.